The van der Waals surface area contributed by atoms with Crippen LogP contribution in [0.25, 0.3) is 10.2 Å². The van der Waals surface area contributed by atoms with Crippen molar-refractivity contribution in [3.8, 4) is 0 Å². The number of hydrogen-bond acceptors (Lipinski definition) is 4. The topological polar surface area (TPSA) is 42.3 Å². The fourth-order valence-electron chi connectivity index (χ4n) is 1.18. The Morgan fingerprint density at radius 2 is 2.12 bits per heavy atom. The highest BCUT2D eigenvalue weighted by molar-refractivity contribution is 7.21. The Bertz CT molecular complexity index is 584. The summed E-state index contributed by atoms with van der Waals surface area (Å²) < 4.78 is 37.6. The molecular formula is C9H3F3N2OS. The maximum absolute atomic E-state index is 12.4. The van der Waals surface area contributed by atoms with Gasteiger partial charge in [0.1, 0.15) is 0 Å². The Morgan fingerprint density at radius 3 is 2.75 bits per heavy atom. The average Bonchev–Trinajstić information content (AvgIpc) is 2.57. The lowest BCUT2D eigenvalue weighted by atomic mass is 10.2. The van der Waals surface area contributed by atoms with E-state index in [4.69, 9.17) is 0 Å². The molecule has 0 amide bonds. The minimum absolute atomic E-state index is 0.101. The van der Waals surface area contributed by atoms with E-state index < -0.39 is 11.7 Å². The lowest BCUT2D eigenvalue weighted by Crippen LogP contribution is -2.03. The van der Waals surface area contributed by atoms with Gasteiger partial charge in [-0.2, -0.15) is 13.2 Å². The van der Waals surface area contributed by atoms with Gasteiger partial charge in [-0.05, 0) is 18.2 Å². The van der Waals surface area contributed by atoms with Crippen molar-refractivity contribution >= 4 is 32.8 Å². The van der Waals surface area contributed by atoms with Gasteiger partial charge in [0.15, 0.2) is 0 Å². The van der Waals surface area contributed by atoms with Gasteiger partial charge in [-0.1, -0.05) is 11.3 Å². The van der Waals surface area contributed by atoms with E-state index >= 15 is 0 Å². The molecule has 3 nitrogen and oxygen atoms in total. The number of thiazole rings is 1. The molecule has 0 aliphatic heterocycles. The minimum Gasteiger partial charge on any atom is -0.218 e. The molecule has 7 heteroatoms. The van der Waals surface area contributed by atoms with E-state index in [-0.39, 0.29) is 10.6 Å². The summed E-state index contributed by atoms with van der Waals surface area (Å²) in [6, 6.07) is 3.20. The van der Waals surface area contributed by atoms with Crippen LogP contribution in [-0.2, 0) is 11.0 Å². The zero-order chi connectivity index (χ0) is 11.8. The minimum atomic E-state index is -4.40. The van der Waals surface area contributed by atoms with Crippen LogP contribution in [0.4, 0.5) is 18.3 Å². The van der Waals surface area contributed by atoms with Gasteiger partial charge in [-0.15, -0.1) is 4.99 Å². The number of rotatable bonds is 1. The zero-order valence-corrected chi connectivity index (χ0v) is 8.39. The lowest BCUT2D eigenvalue weighted by Gasteiger charge is -2.04. The smallest absolute Gasteiger partial charge is 0.218 e. The summed E-state index contributed by atoms with van der Waals surface area (Å²) in [6.07, 6.45) is -3.11. The number of fused-ring (bicyclic) bond motifs is 1. The number of isocyanates is 1. The maximum Gasteiger partial charge on any atom is 0.416 e. The molecule has 16 heavy (non-hydrogen) atoms. The molecule has 0 bridgehead atoms. The maximum atomic E-state index is 12.4. The fraction of sp³-hybridized carbons (Fsp3) is 0.111. The van der Waals surface area contributed by atoms with Gasteiger partial charge >= 0.3 is 6.18 Å². The van der Waals surface area contributed by atoms with Crippen molar-refractivity contribution in [3.05, 3.63) is 23.8 Å². The number of benzene rings is 1. The van der Waals surface area contributed by atoms with Crippen molar-refractivity contribution in [1.82, 2.24) is 4.98 Å². The highest BCUT2D eigenvalue weighted by Crippen LogP contribution is 2.34. The van der Waals surface area contributed by atoms with Gasteiger partial charge < -0.3 is 0 Å². The SMILES string of the molecule is O=C=Nc1nc2cc(C(F)(F)F)ccc2s1. The van der Waals surface area contributed by atoms with Gasteiger partial charge in [0.2, 0.25) is 11.2 Å². The van der Waals surface area contributed by atoms with Crippen LogP contribution in [0.15, 0.2) is 23.2 Å². The monoisotopic (exact) mass is 244 g/mol. The van der Waals surface area contributed by atoms with E-state index in [1.54, 1.807) is 0 Å². The van der Waals surface area contributed by atoms with Crippen LogP contribution < -0.4 is 0 Å². The first kappa shape index (κ1) is 10.8. The second-order valence-electron chi connectivity index (χ2n) is 2.88. The second kappa shape index (κ2) is 3.70. The predicted octanol–water partition coefficient (Wildman–Crippen LogP) is 3.28. The molecule has 0 saturated carbocycles. The molecule has 0 N–H and O–H groups in total. The summed E-state index contributed by atoms with van der Waals surface area (Å²) >= 11 is 1.03. The van der Waals surface area contributed by atoms with E-state index in [9.17, 15) is 18.0 Å². The summed E-state index contributed by atoms with van der Waals surface area (Å²) in [4.78, 5) is 17.0. The summed E-state index contributed by atoms with van der Waals surface area (Å²) in [7, 11) is 0. The van der Waals surface area contributed by atoms with Crippen LogP contribution in [0.5, 0.6) is 0 Å². The third-order valence-corrected chi connectivity index (χ3v) is 2.78. The number of hydrogen-bond donors (Lipinski definition) is 0. The van der Waals surface area contributed by atoms with Crippen molar-refractivity contribution in [2.45, 2.75) is 6.18 Å². The van der Waals surface area contributed by atoms with Crippen LogP contribution >= 0.6 is 11.3 Å². The first-order valence-electron chi connectivity index (χ1n) is 4.06. The Morgan fingerprint density at radius 1 is 1.38 bits per heavy atom. The molecule has 0 aliphatic carbocycles. The standard InChI is InChI=1S/C9H3F3N2OS/c10-9(11,12)5-1-2-7-6(3-5)14-8(16-7)13-4-15/h1-3H. The second-order valence-corrected chi connectivity index (χ2v) is 3.89. The summed E-state index contributed by atoms with van der Waals surface area (Å²) in [5.41, 5.74) is -0.597. The van der Waals surface area contributed by atoms with Crippen molar-refractivity contribution < 1.29 is 18.0 Å². The van der Waals surface area contributed by atoms with E-state index in [1.165, 1.54) is 12.1 Å². The fourth-order valence-corrected chi connectivity index (χ4v) is 1.95. The molecular weight excluding hydrogens is 241 g/mol. The van der Waals surface area contributed by atoms with E-state index in [2.05, 4.69) is 9.98 Å². The van der Waals surface area contributed by atoms with E-state index in [0.717, 1.165) is 23.5 Å². The number of alkyl halides is 3. The number of aliphatic imine (C=N–C) groups is 1. The Kier molecular flexibility index (Phi) is 2.49. The zero-order valence-electron chi connectivity index (χ0n) is 7.58. The first-order valence-corrected chi connectivity index (χ1v) is 4.88. The quantitative estimate of drug-likeness (QED) is 0.570. The molecule has 0 saturated heterocycles. The normalized spacial score (nSPS) is 11.4. The average molecular weight is 244 g/mol. The van der Waals surface area contributed by atoms with Crippen LogP contribution in [0.2, 0.25) is 0 Å². The molecule has 2 aromatic rings. The Balaban J connectivity index is 2.58. The molecule has 2 rings (SSSR count). The molecule has 0 fully saturated rings. The van der Waals surface area contributed by atoms with E-state index in [0.29, 0.717) is 4.70 Å². The van der Waals surface area contributed by atoms with E-state index in [1.807, 2.05) is 0 Å². The summed E-state index contributed by atoms with van der Waals surface area (Å²) in [5.74, 6) is 0. The summed E-state index contributed by atoms with van der Waals surface area (Å²) in [5, 5.41) is 0.101. The van der Waals surface area contributed by atoms with Crippen LogP contribution in [-0.4, -0.2) is 11.1 Å². The first-order chi connectivity index (χ1) is 7.50. The molecule has 1 heterocycles. The van der Waals surface area contributed by atoms with Gasteiger partial charge in [0.05, 0.1) is 15.8 Å². The van der Waals surface area contributed by atoms with Crippen molar-refractivity contribution in [1.29, 1.82) is 0 Å². The van der Waals surface area contributed by atoms with Crippen LogP contribution in [0, 0.1) is 0 Å². The van der Waals surface area contributed by atoms with Gasteiger partial charge in [0.25, 0.3) is 0 Å². The highest BCUT2D eigenvalue weighted by Gasteiger charge is 2.30. The molecule has 0 spiro atoms. The number of aromatic nitrogens is 1. The van der Waals surface area contributed by atoms with Crippen molar-refractivity contribution in [2.75, 3.05) is 0 Å². The van der Waals surface area contributed by atoms with Gasteiger partial charge in [-0.3, -0.25) is 0 Å². The third kappa shape index (κ3) is 1.95. The third-order valence-electron chi connectivity index (χ3n) is 1.84. The molecule has 0 atom stereocenters. The number of carbonyl (C=O) groups excluding carboxylic acids is 1. The number of nitrogens with zero attached hydrogens (tertiary/aromatic N) is 2. The predicted molar refractivity (Wildman–Crippen MR) is 52.4 cm³/mol. The molecule has 0 aliphatic rings. The Labute approximate surface area is 91.3 Å². The summed E-state index contributed by atoms with van der Waals surface area (Å²) in [6.45, 7) is 0. The lowest BCUT2D eigenvalue weighted by molar-refractivity contribution is -0.137. The molecule has 0 radical (unpaired) electrons. The molecule has 1 aromatic carbocycles. The van der Waals surface area contributed by atoms with Crippen LogP contribution in [0.3, 0.4) is 0 Å². The largest absolute Gasteiger partial charge is 0.416 e. The van der Waals surface area contributed by atoms with Crippen molar-refractivity contribution in [3.63, 3.8) is 0 Å². The molecule has 0 unspecified atom stereocenters. The van der Waals surface area contributed by atoms with Gasteiger partial charge in [0, 0.05) is 0 Å². The van der Waals surface area contributed by atoms with Gasteiger partial charge in [-0.25, -0.2) is 9.78 Å². The molecule has 82 valence electrons. The molecule has 1 aromatic heterocycles. The van der Waals surface area contributed by atoms with Crippen molar-refractivity contribution in [2.24, 2.45) is 4.99 Å². The Hall–Kier alpha value is -1.72. The highest BCUT2D eigenvalue weighted by atomic mass is 32.1. The van der Waals surface area contributed by atoms with Crippen LogP contribution in [0.1, 0.15) is 5.56 Å². The number of halogens is 3.